The van der Waals surface area contributed by atoms with E-state index < -0.39 is 12.1 Å². The highest BCUT2D eigenvalue weighted by atomic mass is 35.5. The molecule has 0 amide bonds. The van der Waals surface area contributed by atoms with Gasteiger partial charge in [-0.15, -0.1) is 12.4 Å². The van der Waals surface area contributed by atoms with Crippen LogP contribution in [-0.2, 0) is 24.1 Å². The van der Waals surface area contributed by atoms with Crippen LogP contribution in [-0.4, -0.2) is 25.7 Å². The molecule has 2 aromatic heterocycles. The molecule has 0 bridgehead atoms. The van der Waals surface area contributed by atoms with Gasteiger partial charge in [0.2, 0.25) is 0 Å². The molecule has 5 nitrogen and oxygen atoms in total. The summed E-state index contributed by atoms with van der Waals surface area (Å²) < 4.78 is 2.16. The number of carboxylic acid groups (broad SMARTS) is 1. The quantitative estimate of drug-likeness (QED) is 0.382. The monoisotopic (exact) mass is 450 g/mol. The average Bonchev–Trinajstić information content (AvgIpc) is 3.15. The van der Waals surface area contributed by atoms with Crippen LogP contribution >= 0.6 is 12.4 Å². The minimum absolute atomic E-state index is 0. The van der Waals surface area contributed by atoms with E-state index >= 15 is 0 Å². The van der Waals surface area contributed by atoms with E-state index in [1.54, 1.807) is 6.92 Å². The van der Waals surface area contributed by atoms with Gasteiger partial charge in [-0.2, -0.15) is 0 Å². The Bertz CT molecular complexity index is 1190. The molecule has 32 heavy (non-hydrogen) atoms. The maximum absolute atomic E-state index is 11.0. The Hall–Kier alpha value is -3.15. The molecule has 6 heteroatoms. The largest absolute Gasteiger partial charge is 0.481 e. The maximum atomic E-state index is 11.0. The second-order valence-corrected chi connectivity index (χ2v) is 7.86. The molecule has 166 valence electrons. The first-order valence-electron chi connectivity index (χ1n) is 10.5. The van der Waals surface area contributed by atoms with E-state index in [-0.39, 0.29) is 18.8 Å². The standard InChI is InChI=1S/C26H26N2O3.ClH/c1-18(29)20-8-11-23(12-9-20)28-17-21(7-10-22-4-2-3-15-27-22)24-16-19(5-13-25(24)28)6-14-26(30)31;/h2-5,8-9,11-13,15-18,29H,6-7,10,14H2,1H3,(H,30,31);1H. The van der Waals surface area contributed by atoms with Crippen molar-refractivity contribution in [3.8, 4) is 5.69 Å². The van der Waals surface area contributed by atoms with Crippen LogP contribution < -0.4 is 0 Å². The molecule has 0 fully saturated rings. The Kier molecular flexibility index (Phi) is 7.67. The van der Waals surface area contributed by atoms with Crippen molar-refractivity contribution in [3.63, 3.8) is 0 Å². The zero-order chi connectivity index (χ0) is 21.8. The fourth-order valence-corrected chi connectivity index (χ4v) is 3.89. The number of fused-ring (bicyclic) bond motifs is 1. The summed E-state index contributed by atoms with van der Waals surface area (Å²) in [5.74, 6) is -0.786. The molecular weight excluding hydrogens is 424 g/mol. The number of rotatable bonds is 8. The summed E-state index contributed by atoms with van der Waals surface area (Å²) >= 11 is 0. The van der Waals surface area contributed by atoms with Crippen LogP contribution in [0.15, 0.2) is 73.1 Å². The number of pyridine rings is 1. The van der Waals surface area contributed by atoms with Crippen molar-refractivity contribution in [2.24, 2.45) is 0 Å². The van der Waals surface area contributed by atoms with E-state index in [9.17, 15) is 9.90 Å². The van der Waals surface area contributed by atoms with Crippen LogP contribution in [0.25, 0.3) is 16.6 Å². The number of benzene rings is 2. The number of hydrogen-bond donors (Lipinski definition) is 2. The second-order valence-electron chi connectivity index (χ2n) is 7.86. The number of aliphatic carboxylic acids is 1. The lowest BCUT2D eigenvalue weighted by atomic mass is 10.0. The van der Waals surface area contributed by atoms with Crippen molar-refractivity contribution in [2.45, 2.75) is 38.7 Å². The number of hydrogen-bond acceptors (Lipinski definition) is 3. The zero-order valence-corrected chi connectivity index (χ0v) is 18.8. The number of carboxylic acids is 1. The van der Waals surface area contributed by atoms with Gasteiger partial charge in [0, 0.05) is 35.6 Å². The fourth-order valence-electron chi connectivity index (χ4n) is 3.89. The SMILES string of the molecule is CC(O)c1ccc(-n2cc(CCc3ccccn3)c3cc(CCC(=O)O)ccc32)cc1.Cl. The Morgan fingerprint density at radius 3 is 2.47 bits per heavy atom. The number of nitrogens with zero attached hydrogens (tertiary/aromatic N) is 2. The molecule has 1 unspecified atom stereocenters. The van der Waals surface area contributed by atoms with Crippen LogP contribution in [0.3, 0.4) is 0 Å². The topological polar surface area (TPSA) is 75.3 Å². The first kappa shape index (κ1) is 23.5. The summed E-state index contributed by atoms with van der Waals surface area (Å²) in [6.07, 6.45) is 5.78. The Balaban J connectivity index is 0.00000289. The first-order chi connectivity index (χ1) is 15.0. The third-order valence-electron chi connectivity index (χ3n) is 5.61. The van der Waals surface area contributed by atoms with Crippen molar-refractivity contribution in [1.29, 1.82) is 0 Å². The van der Waals surface area contributed by atoms with Crippen molar-refractivity contribution >= 4 is 29.3 Å². The summed E-state index contributed by atoms with van der Waals surface area (Å²) in [4.78, 5) is 15.4. The van der Waals surface area contributed by atoms with Crippen LogP contribution in [0, 0.1) is 0 Å². The molecule has 0 saturated heterocycles. The van der Waals surface area contributed by atoms with Crippen LogP contribution in [0.1, 0.15) is 41.8 Å². The Morgan fingerprint density at radius 1 is 1.03 bits per heavy atom. The normalized spacial score (nSPS) is 11.8. The van der Waals surface area contributed by atoms with Crippen LogP contribution in [0.5, 0.6) is 0 Å². The summed E-state index contributed by atoms with van der Waals surface area (Å²) in [6, 6.07) is 20.1. The van der Waals surface area contributed by atoms with E-state index in [0.717, 1.165) is 46.3 Å². The lowest BCUT2D eigenvalue weighted by molar-refractivity contribution is -0.136. The molecule has 0 spiro atoms. The van der Waals surface area contributed by atoms with Gasteiger partial charge in [-0.05, 0) is 79.3 Å². The highest BCUT2D eigenvalue weighted by molar-refractivity contribution is 5.86. The average molecular weight is 451 g/mol. The molecule has 0 saturated carbocycles. The molecule has 4 rings (SSSR count). The van der Waals surface area contributed by atoms with Gasteiger partial charge >= 0.3 is 5.97 Å². The molecule has 2 N–H and O–H groups in total. The fraction of sp³-hybridized carbons (Fsp3) is 0.231. The van der Waals surface area contributed by atoms with Gasteiger partial charge in [-0.25, -0.2) is 0 Å². The molecule has 2 aromatic carbocycles. The highest BCUT2D eigenvalue weighted by Crippen LogP contribution is 2.28. The van der Waals surface area contributed by atoms with E-state index in [4.69, 9.17) is 5.11 Å². The predicted molar refractivity (Wildman–Crippen MR) is 129 cm³/mol. The minimum atomic E-state index is -0.786. The molecule has 0 aliphatic carbocycles. The van der Waals surface area contributed by atoms with Crippen LogP contribution in [0.4, 0.5) is 0 Å². The van der Waals surface area contributed by atoms with E-state index in [1.165, 1.54) is 5.56 Å². The lowest BCUT2D eigenvalue weighted by Gasteiger charge is -2.09. The molecule has 1 atom stereocenters. The molecular formula is C26H27ClN2O3. The third kappa shape index (κ3) is 5.36. The number of carbonyl (C=O) groups is 1. The molecule has 4 aromatic rings. The van der Waals surface area contributed by atoms with Gasteiger partial charge in [0.05, 0.1) is 11.6 Å². The van der Waals surface area contributed by atoms with E-state index in [0.29, 0.717) is 6.42 Å². The lowest BCUT2D eigenvalue weighted by Crippen LogP contribution is -1.98. The van der Waals surface area contributed by atoms with Gasteiger partial charge in [0.25, 0.3) is 0 Å². The summed E-state index contributed by atoms with van der Waals surface area (Å²) in [5.41, 5.74) is 6.27. The Labute approximate surface area is 193 Å². The smallest absolute Gasteiger partial charge is 0.303 e. The van der Waals surface area contributed by atoms with Gasteiger partial charge in [-0.1, -0.05) is 24.3 Å². The van der Waals surface area contributed by atoms with Crippen molar-refractivity contribution < 1.29 is 15.0 Å². The number of aromatic nitrogens is 2. The number of aliphatic hydroxyl groups excluding tert-OH is 1. The van der Waals surface area contributed by atoms with Gasteiger partial charge in [0.15, 0.2) is 0 Å². The first-order valence-corrected chi connectivity index (χ1v) is 10.5. The van der Waals surface area contributed by atoms with Crippen molar-refractivity contribution in [3.05, 3.63) is 95.4 Å². The van der Waals surface area contributed by atoms with Gasteiger partial charge < -0.3 is 14.8 Å². The molecule has 0 radical (unpaired) electrons. The van der Waals surface area contributed by atoms with E-state index in [2.05, 4.69) is 27.9 Å². The minimum Gasteiger partial charge on any atom is -0.481 e. The number of aryl methyl sites for hydroxylation is 3. The van der Waals surface area contributed by atoms with Crippen molar-refractivity contribution in [2.75, 3.05) is 0 Å². The summed E-state index contributed by atoms with van der Waals surface area (Å²) in [5, 5.41) is 20.0. The zero-order valence-electron chi connectivity index (χ0n) is 17.9. The summed E-state index contributed by atoms with van der Waals surface area (Å²) in [6.45, 7) is 1.76. The van der Waals surface area contributed by atoms with E-state index in [1.807, 2.05) is 54.7 Å². The van der Waals surface area contributed by atoms with Gasteiger partial charge in [-0.3, -0.25) is 9.78 Å². The van der Waals surface area contributed by atoms with Crippen LogP contribution in [0.2, 0.25) is 0 Å². The highest BCUT2D eigenvalue weighted by Gasteiger charge is 2.12. The Morgan fingerprint density at radius 2 is 1.81 bits per heavy atom. The summed E-state index contributed by atoms with van der Waals surface area (Å²) in [7, 11) is 0. The second kappa shape index (κ2) is 10.4. The molecule has 2 heterocycles. The molecule has 0 aliphatic heterocycles. The number of aliphatic hydroxyl groups is 1. The predicted octanol–water partition coefficient (Wildman–Crippen LogP) is 5.30. The van der Waals surface area contributed by atoms with Gasteiger partial charge in [0.1, 0.15) is 0 Å². The van der Waals surface area contributed by atoms with Crippen molar-refractivity contribution in [1.82, 2.24) is 9.55 Å². The third-order valence-corrected chi connectivity index (χ3v) is 5.61. The molecule has 0 aliphatic rings. The maximum Gasteiger partial charge on any atom is 0.303 e. The number of halogens is 1.